The Morgan fingerprint density at radius 3 is 2.75 bits per heavy atom. The number of esters is 1. The summed E-state index contributed by atoms with van der Waals surface area (Å²) in [5.74, 6) is -1.04. The van der Waals surface area contributed by atoms with Crippen LogP contribution in [0, 0.1) is 0 Å². The van der Waals surface area contributed by atoms with E-state index >= 15 is 0 Å². The van der Waals surface area contributed by atoms with E-state index in [9.17, 15) is 18.0 Å². The number of methoxy groups -OCH3 is 1. The van der Waals surface area contributed by atoms with Gasteiger partial charge >= 0.3 is 12.1 Å². The second kappa shape index (κ2) is 4.97. The van der Waals surface area contributed by atoms with Crippen LogP contribution in [0.25, 0.3) is 0 Å². The van der Waals surface area contributed by atoms with Crippen molar-refractivity contribution in [3.63, 3.8) is 0 Å². The van der Waals surface area contributed by atoms with Crippen LogP contribution in [-0.2, 0) is 19.9 Å². The molecule has 2 heterocycles. The first-order valence-corrected chi connectivity index (χ1v) is 6.45. The molecule has 1 unspecified atom stereocenters. The van der Waals surface area contributed by atoms with E-state index in [-0.39, 0.29) is 16.2 Å². The lowest BCUT2D eigenvalue weighted by molar-refractivity contribution is -0.272. The molecule has 0 aromatic carbocycles. The summed E-state index contributed by atoms with van der Waals surface area (Å²) in [6.45, 7) is 3.40. The molecule has 108 valence electrons. The predicted molar refractivity (Wildman–Crippen MR) is 67.0 cm³/mol. The quantitative estimate of drug-likeness (QED) is 0.784. The molecular formula is C13H11F3O3S. The molecule has 20 heavy (non-hydrogen) atoms. The number of alkyl halides is 3. The summed E-state index contributed by atoms with van der Waals surface area (Å²) in [5, 5.41) is 1.52. The minimum Gasteiger partial charge on any atom is -0.472 e. The molecule has 1 aromatic rings. The number of allylic oxidation sites excluding steroid dienone is 1. The Hall–Kier alpha value is -1.76. The third-order valence-electron chi connectivity index (χ3n) is 2.90. The van der Waals surface area contributed by atoms with E-state index in [0.29, 0.717) is 0 Å². The summed E-state index contributed by atoms with van der Waals surface area (Å²) in [7, 11) is 1.11. The van der Waals surface area contributed by atoms with Crippen LogP contribution in [0.1, 0.15) is 11.3 Å². The standard InChI is InChI=1S/C13H11F3O3S/c1-8-6-9(11(17)18-2)7-12(19-8,13(14,15)16)10-4-3-5-20-10/h3-6H,1,7H2,2H3. The van der Waals surface area contributed by atoms with Gasteiger partial charge in [-0.25, -0.2) is 4.79 Å². The van der Waals surface area contributed by atoms with Gasteiger partial charge in [0.1, 0.15) is 5.76 Å². The van der Waals surface area contributed by atoms with Gasteiger partial charge in [0.15, 0.2) is 0 Å². The second-order valence-corrected chi connectivity index (χ2v) is 5.16. The van der Waals surface area contributed by atoms with Gasteiger partial charge in [0.25, 0.3) is 0 Å². The smallest absolute Gasteiger partial charge is 0.433 e. The molecule has 1 atom stereocenters. The first-order chi connectivity index (χ1) is 9.30. The first kappa shape index (κ1) is 14.6. The van der Waals surface area contributed by atoms with E-state index in [4.69, 9.17) is 4.74 Å². The zero-order valence-electron chi connectivity index (χ0n) is 10.5. The number of thiophene rings is 1. The Balaban J connectivity index is 2.53. The van der Waals surface area contributed by atoms with E-state index in [1.54, 1.807) is 0 Å². The molecule has 0 N–H and O–H groups in total. The Kier molecular flexibility index (Phi) is 3.64. The van der Waals surface area contributed by atoms with Crippen molar-refractivity contribution in [1.29, 1.82) is 0 Å². The van der Waals surface area contributed by atoms with Crippen molar-refractivity contribution in [2.75, 3.05) is 7.11 Å². The number of ether oxygens (including phenoxy) is 2. The maximum atomic E-state index is 13.5. The lowest BCUT2D eigenvalue weighted by Gasteiger charge is -2.38. The third kappa shape index (κ3) is 2.33. The summed E-state index contributed by atoms with van der Waals surface area (Å²) in [5.41, 5.74) is -2.70. The molecule has 0 amide bonds. The number of halogens is 3. The minimum absolute atomic E-state index is 0.0272. The molecule has 0 saturated heterocycles. The monoisotopic (exact) mass is 304 g/mol. The molecule has 1 aromatic heterocycles. The van der Waals surface area contributed by atoms with Crippen LogP contribution >= 0.6 is 11.3 Å². The van der Waals surface area contributed by atoms with Crippen LogP contribution in [-0.4, -0.2) is 19.3 Å². The lowest BCUT2D eigenvalue weighted by atomic mass is 9.89. The van der Waals surface area contributed by atoms with Gasteiger partial charge in [0.05, 0.1) is 12.0 Å². The zero-order chi connectivity index (χ0) is 15.0. The number of carbonyl (C=O) groups excluding carboxylic acids is 1. The molecule has 2 rings (SSSR count). The molecular weight excluding hydrogens is 293 g/mol. The first-order valence-electron chi connectivity index (χ1n) is 5.57. The highest BCUT2D eigenvalue weighted by Gasteiger charge is 2.61. The van der Waals surface area contributed by atoms with Crippen molar-refractivity contribution in [3.05, 3.63) is 46.4 Å². The molecule has 0 radical (unpaired) electrons. The summed E-state index contributed by atoms with van der Waals surface area (Å²) in [6.07, 6.45) is -4.15. The van der Waals surface area contributed by atoms with Crippen LogP contribution in [0.2, 0.25) is 0 Å². The van der Waals surface area contributed by atoms with Crippen LogP contribution in [0.3, 0.4) is 0 Å². The predicted octanol–water partition coefficient (Wildman–Crippen LogP) is 3.54. The average Bonchev–Trinajstić information content (AvgIpc) is 2.89. The molecule has 3 nitrogen and oxygen atoms in total. The highest BCUT2D eigenvalue weighted by molar-refractivity contribution is 7.10. The molecule has 1 aliphatic rings. The highest BCUT2D eigenvalue weighted by atomic mass is 32.1. The Morgan fingerprint density at radius 2 is 2.25 bits per heavy atom. The maximum Gasteiger partial charge on any atom is 0.433 e. The zero-order valence-corrected chi connectivity index (χ0v) is 11.3. The van der Waals surface area contributed by atoms with Gasteiger partial charge in [0.2, 0.25) is 5.60 Å². The van der Waals surface area contributed by atoms with Crippen LogP contribution in [0.15, 0.2) is 41.5 Å². The van der Waals surface area contributed by atoms with Crippen molar-refractivity contribution >= 4 is 17.3 Å². The maximum absolute atomic E-state index is 13.5. The number of hydrogen-bond acceptors (Lipinski definition) is 4. The summed E-state index contributed by atoms with van der Waals surface area (Å²) in [6, 6.07) is 2.82. The van der Waals surface area contributed by atoms with Gasteiger partial charge in [-0.05, 0) is 17.5 Å². The van der Waals surface area contributed by atoms with Crippen molar-refractivity contribution in [2.45, 2.75) is 18.2 Å². The number of hydrogen-bond donors (Lipinski definition) is 0. The van der Waals surface area contributed by atoms with Crippen molar-refractivity contribution in [3.8, 4) is 0 Å². The lowest BCUT2D eigenvalue weighted by Crippen LogP contribution is -2.46. The average molecular weight is 304 g/mol. The number of rotatable bonds is 2. The molecule has 0 fully saturated rings. The van der Waals surface area contributed by atoms with Crippen molar-refractivity contribution in [1.82, 2.24) is 0 Å². The fourth-order valence-electron chi connectivity index (χ4n) is 2.01. The van der Waals surface area contributed by atoms with Crippen LogP contribution < -0.4 is 0 Å². The summed E-state index contributed by atoms with van der Waals surface area (Å²) < 4.78 is 50.1. The van der Waals surface area contributed by atoms with Crippen molar-refractivity contribution < 1.29 is 27.4 Å². The Bertz CT molecular complexity index is 560. The molecule has 7 heteroatoms. The SMILES string of the molecule is C=C1C=C(C(=O)OC)CC(c2cccs2)(C(F)(F)F)O1. The van der Waals surface area contributed by atoms with Crippen molar-refractivity contribution in [2.24, 2.45) is 0 Å². The van der Waals surface area contributed by atoms with Gasteiger partial charge in [-0.1, -0.05) is 12.6 Å². The molecule has 0 saturated carbocycles. The summed E-state index contributed by atoms with van der Waals surface area (Å²) in [4.78, 5) is 11.5. The minimum atomic E-state index is -4.69. The van der Waals surface area contributed by atoms with Gasteiger partial charge in [-0.2, -0.15) is 13.2 Å². The molecule has 0 spiro atoms. The summed E-state index contributed by atoms with van der Waals surface area (Å²) >= 11 is 0.913. The van der Waals surface area contributed by atoms with Crippen LogP contribution in [0.5, 0.6) is 0 Å². The van der Waals surface area contributed by atoms with Gasteiger partial charge in [-0.3, -0.25) is 0 Å². The third-order valence-corrected chi connectivity index (χ3v) is 3.92. The van der Waals surface area contributed by atoms with E-state index < -0.39 is 24.2 Å². The topological polar surface area (TPSA) is 35.5 Å². The van der Waals surface area contributed by atoms with E-state index in [0.717, 1.165) is 18.4 Å². The largest absolute Gasteiger partial charge is 0.472 e. The Morgan fingerprint density at radius 1 is 1.55 bits per heavy atom. The van der Waals surface area contributed by atoms with E-state index in [1.165, 1.54) is 23.6 Å². The van der Waals surface area contributed by atoms with Gasteiger partial charge in [-0.15, -0.1) is 11.3 Å². The number of carbonyl (C=O) groups is 1. The van der Waals surface area contributed by atoms with E-state index in [1.807, 2.05) is 0 Å². The van der Waals surface area contributed by atoms with Crippen LogP contribution in [0.4, 0.5) is 13.2 Å². The molecule has 0 aliphatic carbocycles. The fourth-order valence-corrected chi connectivity index (χ4v) is 2.89. The fraction of sp³-hybridized carbons (Fsp3) is 0.308. The van der Waals surface area contributed by atoms with Gasteiger partial charge < -0.3 is 9.47 Å². The normalized spacial score (nSPS) is 23.0. The second-order valence-electron chi connectivity index (χ2n) is 4.21. The molecule has 1 aliphatic heterocycles. The highest BCUT2D eigenvalue weighted by Crippen LogP contribution is 2.51. The Labute approximate surface area is 117 Å². The molecule has 0 bridgehead atoms. The van der Waals surface area contributed by atoms with Gasteiger partial charge in [0, 0.05) is 12.0 Å². The van der Waals surface area contributed by atoms with E-state index in [2.05, 4.69) is 11.3 Å².